The number of carbonyl (C=O) groups is 1. The highest BCUT2D eigenvalue weighted by molar-refractivity contribution is 7.12. The number of nitrogens with one attached hydrogen (secondary N) is 3. The molecule has 8 nitrogen and oxygen atoms in total. The number of nitrogens with zero attached hydrogens (tertiary/aromatic N) is 4. The van der Waals surface area contributed by atoms with Crippen molar-refractivity contribution in [3.8, 4) is 0 Å². The SMILES string of the molecule is CNC(=O)c1sccc1Nc1nc(Nc2ccc(N3CCN(C)CC3)cc2C)ncc1Cl. The van der Waals surface area contributed by atoms with Crippen molar-refractivity contribution in [3.05, 3.63) is 51.3 Å². The van der Waals surface area contributed by atoms with Crippen LogP contribution in [-0.2, 0) is 0 Å². The summed E-state index contributed by atoms with van der Waals surface area (Å²) in [6.07, 6.45) is 1.54. The molecule has 3 heterocycles. The van der Waals surface area contributed by atoms with Gasteiger partial charge in [0.1, 0.15) is 9.90 Å². The van der Waals surface area contributed by atoms with Gasteiger partial charge >= 0.3 is 0 Å². The molecule has 0 radical (unpaired) electrons. The molecule has 0 bridgehead atoms. The lowest BCUT2D eigenvalue weighted by Gasteiger charge is -2.34. The molecule has 10 heteroatoms. The van der Waals surface area contributed by atoms with Crippen molar-refractivity contribution in [1.29, 1.82) is 0 Å². The molecule has 1 aliphatic rings. The fourth-order valence-corrected chi connectivity index (χ4v) is 4.44. The average molecular weight is 472 g/mol. The highest BCUT2D eigenvalue weighted by atomic mass is 35.5. The number of aromatic nitrogens is 2. The molecular weight excluding hydrogens is 446 g/mol. The lowest BCUT2D eigenvalue weighted by molar-refractivity contribution is 0.0968. The molecule has 1 fully saturated rings. The van der Waals surface area contributed by atoms with Crippen LogP contribution in [0.3, 0.4) is 0 Å². The minimum Gasteiger partial charge on any atom is -0.369 e. The number of piperazine rings is 1. The number of carbonyl (C=O) groups excluding carboxylic acids is 1. The van der Waals surface area contributed by atoms with E-state index >= 15 is 0 Å². The van der Waals surface area contributed by atoms with Crippen LogP contribution in [0.25, 0.3) is 0 Å². The van der Waals surface area contributed by atoms with E-state index in [9.17, 15) is 4.79 Å². The molecule has 0 aliphatic carbocycles. The van der Waals surface area contributed by atoms with Gasteiger partial charge in [-0.15, -0.1) is 11.3 Å². The number of amides is 1. The summed E-state index contributed by atoms with van der Waals surface area (Å²) in [5.41, 5.74) is 3.90. The van der Waals surface area contributed by atoms with Crippen LogP contribution in [0.5, 0.6) is 0 Å². The van der Waals surface area contributed by atoms with Crippen LogP contribution in [0, 0.1) is 6.92 Å². The molecule has 0 unspecified atom stereocenters. The standard InChI is InChI=1S/C22H26ClN7OS/c1-14-12-15(30-9-7-29(3)8-10-30)4-5-17(14)27-22-25-13-16(23)20(28-22)26-18-6-11-32-19(18)21(31)24-2/h4-6,11-13H,7-10H2,1-3H3,(H,24,31)(H2,25,26,27,28). The molecule has 0 saturated carbocycles. The van der Waals surface area contributed by atoms with Crippen LogP contribution >= 0.6 is 22.9 Å². The van der Waals surface area contributed by atoms with Crippen molar-refractivity contribution in [2.24, 2.45) is 0 Å². The van der Waals surface area contributed by atoms with Gasteiger partial charge in [0.2, 0.25) is 5.95 Å². The van der Waals surface area contributed by atoms with Gasteiger partial charge in [-0.2, -0.15) is 4.98 Å². The second-order valence-electron chi connectivity index (χ2n) is 7.67. The molecule has 32 heavy (non-hydrogen) atoms. The lowest BCUT2D eigenvalue weighted by Crippen LogP contribution is -2.44. The number of anilines is 5. The van der Waals surface area contributed by atoms with Gasteiger partial charge in [0, 0.05) is 44.6 Å². The van der Waals surface area contributed by atoms with Crippen LogP contribution in [0.1, 0.15) is 15.2 Å². The Morgan fingerprint density at radius 2 is 1.91 bits per heavy atom. The Kier molecular flexibility index (Phi) is 6.78. The summed E-state index contributed by atoms with van der Waals surface area (Å²) < 4.78 is 0. The normalized spacial score (nSPS) is 14.3. The number of aryl methyl sites for hydroxylation is 1. The molecule has 1 saturated heterocycles. The van der Waals surface area contributed by atoms with Crippen LogP contribution in [0.4, 0.5) is 28.8 Å². The van der Waals surface area contributed by atoms with E-state index in [2.05, 4.69) is 67.9 Å². The fourth-order valence-electron chi connectivity index (χ4n) is 3.51. The molecule has 4 rings (SSSR count). The Morgan fingerprint density at radius 3 is 2.62 bits per heavy atom. The maximum Gasteiger partial charge on any atom is 0.263 e. The van der Waals surface area contributed by atoms with Crippen LogP contribution in [0.15, 0.2) is 35.8 Å². The van der Waals surface area contributed by atoms with E-state index in [0.29, 0.717) is 27.4 Å². The van der Waals surface area contributed by atoms with Gasteiger partial charge in [-0.3, -0.25) is 4.79 Å². The van der Waals surface area contributed by atoms with Crippen LogP contribution in [0.2, 0.25) is 5.02 Å². The lowest BCUT2D eigenvalue weighted by atomic mass is 10.1. The topological polar surface area (TPSA) is 85.4 Å². The minimum absolute atomic E-state index is 0.165. The predicted octanol–water partition coefficient (Wildman–Crippen LogP) is 4.10. The van der Waals surface area contributed by atoms with E-state index in [0.717, 1.165) is 37.4 Å². The Bertz CT molecular complexity index is 1110. The maximum atomic E-state index is 12.0. The number of halogens is 1. The summed E-state index contributed by atoms with van der Waals surface area (Å²) in [6.45, 7) is 6.26. The van der Waals surface area contributed by atoms with Crippen molar-refractivity contribution in [1.82, 2.24) is 20.2 Å². The smallest absolute Gasteiger partial charge is 0.263 e. The van der Waals surface area contributed by atoms with Gasteiger partial charge in [-0.05, 0) is 49.2 Å². The van der Waals surface area contributed by atoms with E-state index in [1.165, 1.54) is 17.0 Å². The van der Waals surface area contributed by atoms with E-state index in [-0.39, 0.29) is 5.91 Å². The second-order valence-corrected chi connectivity index (χ2v) is 9.00. The van der Waals surface area contributed by atoms with E-state index in [1.807, 2.05) is 11.4 Å². The van der Waals surface area contributed by atoms with Gasteiger partial charge in [-0.1, -0.05) is 11.6 Å². The molecule has 1 amide bonds. The number of rotatable bonds is 6. The Balaban J connectivity index is 1.51. The number of benzene rings is 1. The van der Waals surface area contributed by atoms with E-state index in [4.69, 9.17) is 11.6 Å². The highest BCUT2D eigenvalue weighted by Gasteiger charge is 2.16. The van der Waals surface area contributed by atoms with Gasteiger partial charge in [0.05, 0.1) is 11.9 Å². The molecule has 168 valence electrons. The van der Waals surface area contributed by atoms with Crippen molar-refractivity contribution in [2.75, 3.05) is 55.8 Å². The summed E-state index contributed by atoms with van der Waals surface area (Å²) >= 11 is 7.65. The number of hydrogen-bond donors (Lipinski definition) is 3. The molecule has 0 atom stereocenters. The number of likely N-dealkylation sites (N-methyl/N-ethyl adjacent to an activating group) is 1. The third kappa shape index (κ3) is 4.95. The first-order valence-corrected chi connectivity index (χ1v) is 11.6. The number of thiophene rings is 1. The molecule has 1 aliphatic heterocycles. The van der Waals surface area contributed by atoms with Gasteiger partial charge < -0.3 is 25.8 Å². The monoisotopic (exact) mass is 471 g/mol. The van der Waals surface area contributed by atoms with Crippen molar-refractivity contribution in [2.45, 2.75) is 6.92 Å². The van der Waals surface area contributed by atoms with Crippen molar-refractivity contribution < 1.29 is 4.79 Å². The Morgan fingerprint density at radius 1 is 1.12 bits per heavy atom. The van der Waals surface area contributed by atoms with Gasteiger partial charge in [0.15, 0.2) is 5.82 Å². The first kappa shape index (κ1) is 22.3. The van der Waals surface area contributed by atoms with Gasteiger partial charge in [0.25, 0.3) is 5.91 Å². The van der Waals surface area contributed by atoms with E-state index in [1.54, 1.807) is 13.2 Å². The molecule has 0 spiro atoms. The third-order valence-electron chi connectivity index (χ3n) is 5.42. The molecule has 1 aromatic carbocycles. The number of hydrogen-bond acceptors (Lipinski definition) is 8. The predicted molar refractivity (Wildman–Crippen MR) is 132 cm³/mol. The summed E-state index contributed by atoms with van der Waals surface area (Å²) in [6, 6.07) is 8.18. The summed E-state index contributed by atoms with van der Waals surface area (Å²) in [5, 5.41) is 11.3. The largest absolute Gasteiger partial charge is 0.369 e. The van der Waals surface area contributed by atoms with Crippen LogP contribution < -0.4 is 20.9 Å². The summed E-state index contributed by atoms with van der Waals surface area (Å²) in [5.74, 6) is 0.686. The maximum absolute atomic E-state index is 12.0. The first-order valence-electron chi connectivity index (χ1n) is 10.3. The molecule has 3 aromatic rings. The van der Waals surface area contributed by atoms with Crippen molar-refractivity contribution in [3.63, 3.8) is 0 Å². The molecule has 2 aromatic heterocycles. The second kappa shape index (κ2) is 9.72. The summed E-state index contributed by atoms with van der Waals surface area (Å²) in [7, 11) is 3.76. The zero-order valence-corrected chi connectivity index (χ0v) is 19.8. The minimum atomic E-state index is -0.165. The Labute approximate surface area is 196 Å². The van der Waals surface area contributed by atoms with Crippen molar-refractivity contribution >= 4 is 57.7 Å². The molecular formula is C22H26ClN7OS. The molecule has 3 N–H and O–H groups in total. The van der Waals surface area contributed by atoms with Gasteiger partial charge in [-0.25, -0.2) is 4.98 Å². The third-order valence-corrected chi connectivity index (χ3v) is 6.61. The highest BCUT2D eigenvalue weighted by Crippen LogP contribution is 2.30. The van der Waals surface area contributed by atoms with E-state index < -0.39 is 0 Å². The average Bonchev–Trinajstić information content (AvgIpc) is 3.25. The zero-order chi connectivity index (χ0) is 22.7. The zero-order valence-electron chi connectivity index (χ0n) is 18.3. The van der Waals surface area contributed by atoms with Crippen LogP contribution in [-0.4, -0.2) is 61.0 Å². The Hall–Kier alpha value is -2.88. The quantitative estimate of drug-likeness (QED) is 0.499. The first-order chi connectivity index (χ1) is 15.4. The summed E-state index contributed by atoms with van der Waals surface area (Å²) in [4.78, 5) is 26.2. The fraction of sp³-hybridized carbons (Fsp3) is 0.318.